The Labute approximate surface area is 77.5 Å². The maximum Gasteiger partial charge on any atom is 0.341 e. The largest absolute Gasteiger partial charge is 0.465 e. The van der Waals surface area contributed by atoms with Crippen molar-refractivity contribution in [2.75, 3.05) is 7.11 Å². The minimum Gasteiger partial charge on any atom is -0.465 e. The number of hydrogen-bond acceptors (Lipinski definition) is 3. The highest BCUT2D eigenvalue weighted by atomic mass is 16.5. The summed E-state index contributed by atoms with van der Waals surface area (Å²) < 4.78 is 6.31. The van der Waals surface area contributed by atoms with E-state index in [1.807, 2.05) is 0 Å². The Morgan fingerprint density at radius 1 is 1.69 bits per heavy atom. The van der Waals surface area contributed by atoms with Crippen molar-refractivity contribution >= 4 is 5.97 Å². The van der Waals surface area contributed by atoms with Crippen LogP contribution in [0, 0.1) is 5.92 Å². The summed E-state index contributed by atoms with van der Waals surface area (Å²) in [5.74, 6) is 0.181. The molecule has 4 heteroatoms. The van der Waals surface area contributed by atoms with E-state index < -0.39 is 0 Å². The molecular formula is C9H14N2O2. The zero-order valence-electron chi connectivity index (χ0n) is 8.15. The van der Waals surface area contributed by atoms with E-state index >= 15 is 0 Å². The quantitative estimate of drug-likeness (QED) is 0.662. The average molecular weight is 182 g/mol. The zero-order chi connectivity index (χ0) is 9.84. The minimum atomic E-state index is -0.338. The van der Waals surface area contributed by atoms with Crippen molar-refractivity contribution in [1.82, 2.24) is 9.78 Å². The SMILES string of the molecule is COC(=O)c1cnn(CC(C)C)c1. The van der Waals surface area contributed by atoms with Gasteiger partial charge >= 0.3 is 5.97 Å². The summed E-state index contributed by atoms with van der Waals surface area (Å²) in [5.41, 5.74) is 0.503. The van der Waals surface area contributed by atoms with Crippen molar-refractivity contribution in [1.29, 1.82) is 0 Å². The summed E-state index contributed by atoms with van der Waals surface area (Å²) in [6.07, 6.45) is 3.22. The molecule has 0 saturated heterocycles. The molecule has 13 heavy (non-hydrogen) atoms. The first-order valence-corrected chi connectivity index (χ1v) is 4.24. The molecule has 0 unspecified atom stereocenters. The monoisotopic (exact) mass is 182 g/mol. The van der Waals surface area contributed by atoms with Gasteiger partial charge in [0.1, 0.15) is 0 Å². The van der Waals surface area contributed by atoms with Crippen LogP contribution in [0.4, 0.5) is 0 Å². The third kappa shape index (κ3) is 2.57. The van der Waals surface area contributed by atoms with E-state index in [4.69, 9.17) is 0 Å². The molecule has 72 valence electrons. The molecule has 0 aliphatic carbocycles. The Morgan fingerprint density at radius 3 is 2.92 bits per heavy atom. The lowest BCUT2D eigenvalue weighted by Crippen LogP contribution is -2.05. The lowest BCUT2D eigenvalue weighted by atomic mass is 10.2. The van der Waals surface area contributed by atoms with Gasteiger partial charge in [-0.1, -0.05) is 13.8 Å². The molecule has 0 aliphatic rings. The summed E-state index contributed by atoms with van der Waals surface area (Å²) in [5, 5.41) is 4.04. The Bertz CT molecular complexity index is 292. The zero-order valence-corrected chi connectivity index (χ0v) is 8.15. The first kappa shape index (κ1) is 9.77. The van der Waals surface area contributed by atoms with E-state index in [1.54, 1.807) is 10.9 Å². The Morgan fingerprint density at radius 2 is 2.38 bits per heavy atom. The van der Waals surface area contributed by atoms with E-state index in [0.717, 1.165) is 6.54 Å². The molecule has 0 bridgehead atoms. The second-order valence-electron chi connectivity index (χ2n) is 3.34. The summed E-state index contributed by atoms with van der Waals surface area (Å²) in [6.45, 7) is 5.01. The van der Waals surface area contributed by atoms with Gasteiger partial charge in [0, 0.05) is 12.7 Å². The predicted molar refractivity (Wildman–Crippen MR) is 48.4 cm³/mol. The average Bonchev–Trinajstić information content (AvgIpc) is 2.50. The number of methoxy groups -OCH3 is 1. The molecule has 4 nitrogen and oxygen atoms in total. The van der Waals surface area contributed by atoms with Crippen LogP contribution in [0.25, 0.3) is 0 Å². The van der Waals surface area contributed by atoms with Crippen LogP contribution in [-0.4, -0.2) is 22.9 Å². The van der Waals surface area contributed by atoms with Gasteiger partial charge in [0.25, 0.3) is 0 Å². The van der Waals surface area contributed by atoms with E-state index in [1.165, 1.54) is 13.3 Å². The van der Waals surface area contributed by atoms with Gasteiger partial charge in [-0.3, -0.25) is 4.68 Å². The first-order chi connectivity index (χ1) is 6.13. The highest BCUT2D eigenvalue weighted by Gasteiger charge is 2.08. The van der Waals surface area contributed by atoms with Crippen LogP contribution >= 0.6 is 0 Å². The molecule has 0 atom stereocenters. The highest BCUT2D eigenvalue weighted by Crippen LogP contribution is 2.02. The van der Waals surface area contributed by atoms with Crippen LogP contribution in [-0.2, 0) is 11.3 Å². The number of hydrogen-bond donors (Lipinski definition) is 0. The number of rotatable bonds is 3. The van der Waals surface area contributed by atoms with Gasteiger partial charge in [-0.2, -0.15) is 5.10 Å². The number of carbonyl (C=O) groups excluding carboxylic acids is 1. The molecule has 0 radical (unpaired) electrons. The van der Waals surface area contributed by atoms with Gasteiger partial charge in [0.15, 0.2) is 0 Å². The maximum absolute atomic E-state index is 11.0. The molecule has 0 fully saturated rings. The fourth-order valence-electron chi connectivity index (χ4n) is 1.06. The fraction of sp³-hybridized carbons (Fsp3) is 0.556. The molecule has 0 saturated carbocycles. The van der Waals surface area contributed by atoms with Crippen LogP contribution in [0.1, 0.15) is 24.2 Å². The van der Waals surface area contributed by atoms with Crippen molar-refractivity contribution in [3.8, 4) is 0 Å². The number of esters is 1. The van der Waals surface area contributed by atoms with Crippen molar-refractivity contribution < 1.29 is 9.53 Å². The van der Waals surface area contributed by atoms with E-state index in [-0.39, 0.29) is 5.97 Å². The molecule has 0 spiro atoms. The molecule has 1 aromatic rings. The lowest BCUT2D eigenvalue weighted by Gasteiger charge is -2.02. The number of carbonyl (C=O) groups is 1. The van der Waals surface area contributed by atoms with Crippen LogP contribution in [0.2, 0.25) is 0 Å². The second-order valence-corrected chi connectivity index (χ2v) is 3.34. The number of ether oxygens (including phenoxy) is 1. The van der Waals surface area contributed by atoms with Gasteiger partial charge in [0.2, 0.25) is 0 Å². The molecule has 0 aromatic carbocycles. The Kier molecular flexibility index (Phi) is 3.06. The highest BCUT2D eigenvalue weighted by molar-refractivity contribution is 5.88. The molecule has 1 heterocycles. The summed E-state index contributed by atoms with van der Waals surface area (Å²) in [7, 11) is 1.36. The molecular weight excluding hydrogens is 168 g/mol. The summed E-state index contributed by atoms with van der Waals surface area (Å²) in [4.78, 5) is 11.0. The maximum atomic E-state index is 11.0. The van der Waals surface area contributed by atoms with Crippen molar-refractivity contribution in [2.24, 2.45) is 5.92 Å². The fourth-order valence-corrected chi connectivity index (χ4v) is 1.06. The third-order valence-corrected chi connectivity index (χ3v) is 1.61. The molecule has 1 rings (SSSR count). The van der Waals surface area contributed by atoms with Crippen LogP contribution in [0.15, 0.2) is 12.4 Å². The standard InChI is InChI=1S/C9H14N2O2/c1-7(2)5-11-6-8(4-10-11)9(12)13-3/h4,6-7H,5H2,1-3H3. The Balaban J connectivity index is 2.69. The van der Waals surface area contributed by atoms with Crippen LogP contribution < -0.4 is 0 Å². The lowest BCUT2D eigenvalue weighted by molar-refractivity contribution is 0.0600. The van der Waals surface area contributed by atoms with Gasteiger partial charge in [-0.25, -0.2) is 4.79 Å². The number of nitrogens with zero attached hydrogens (tertiary/aromatic N) is 2. The normalized spacial score (nSPS) is 10.5. The smallest absolute Gasteiger partial charge is 0.341 e. The van der Waals surface area contributed by atoms with Crippen molar-refractivity contribution in [3.05, 3.63) is 18.0 Å². The van der Waals surface area contributed by atoms with Crippen molar-refractivity contribution in [3.63, 3.8) is 0 Å². The van der Waals surface area contributed by atoms with Gasteiger partial charge in [-0.05, 0) is 5.92 Å². The van der Waals surface area contributed by atoms with Gasteiger partial charge in [-0.15, -0.1) is 0 Å². The molecule has 0 aliphatic heterocycles. The van der Waals surface area contributed by atoms with Gasteiger partial charge < -0.3 is 4.74 Å². The molecule has 1 aromatic heterocycles. The predicted octanol–water partition coefficient (Wildman–Crippen LogP) is 1.33. The summed E-state index contributed by atoms with van der Waals surface area (Å²) >= 11 is 0. The molecule has 0 amide bonds. The van der Waals surface area contributed by atoms with Crippen molar-refractivity contribution in [2.45, 2.75) is 20.4 Å². The first-order valence-electron chi connectivity index (χ1n) is 4.24. The Hall–Kier alpha value is -1.32. The van der Waals surface area contributed by atoms with E-state index in [0.29, 0.717) is 11.5 Å². The minimum absolute atomic E-state index is 0.338. The van der Waals surface area contributed by atoms with Crippen LogP contribution in [0.5, 0.6) is 0 Å². The van der Waals surface area contributed by atoms with Crippen LogP contribution in [0.3, 0.4) is 0 Å². The second kappa shape index (κ2) is 4.07. The number of aromatic nitrogens is 2. The van der Waals surface area contributed by atoms with E-state index in [2.05, 4.69) is 23.7 Å². The molecule has 0 N–H and O–H groups in total. The van der Waals surface area contributed by atoms with E-state index in [9.17, 15) is 4.79 Å². The van der Waals surface area contributed by atoms with Gasteiger partial charge in [0.05, 0.1) is 18.9 Å². The third-order valence-electron chi connectivity index (χ3n) is 1.61. The topological polar surface area (TPSA) is 44.1 Å². The summed E-state index contributed by atoms with van der Waals surface area (Å²) in [6, 6.07) is 0.